The molecule has 2 aromatic rings. The largest absolute Gasteiger partial charge is 0.336 e. The zero-order valence-corrected chi connectivity index (χ0v) is 13.3. The maximum absolute atomic E-state index is 12.6. The van der Waals surface area contributed by atoms with Crippen molar-refractivity contribution in [3.8, 4) is 0 Å². The molecule has 3 rings (SSSR count). The topological polar surface area (TPSA) is 111 Å². The number of nitrogens with one attached hydrogen (secondary N) is 1. The minimum absolute atomic E-state index is 0.0983. The fourth-order valence-corrected chi connectivity index (χ4v) is 4.31. The van der Waals surface area contributed by atoms with Gasteiger partial charge < -0.3 is 10.3 Å². The molecular weight excluding hydrogens is 304 g/mol. The molecule has 120 valence electrons. The molecule has 1 aliphatic rings. The van der Waals surface area contributed by atoms with Gasteiger partial charge in [0.1, 0.15) is 4.90 Å². The van der Waals surface area contributed by atoms with Crippen LogP contribution in [0.3, 0.4) is 0 Å². The molecule has 1 saturated carbocycles. The van der Waals surface area contributed by atoms with Crippen LogP contribution in [0.25, 0.3) is 11.1 Å². The normalized spacial score (nSPS) is 22.5. The Kier molecular flexibility index (Phi) is 4.16. The molecule has 0 aromatic carbocycles. The van der Waals surface area contributed by atoms with Crippen molar-refractivity contribution >= 4 is 21.1 Å². The first-order valence-corrected chi connectivity index (χ1v) is 9.00. The predicted molar refractivity (Wildman–Crippen MR) is 81.7 cm³/mol. The smallest absolute Gasteiger partial charge is 0.258 e. The molecule has 0 amide bonds. The summed E-state index contributed by atoms with van der Waals surface area (Å²) in [4.78, 5) is 4.20. The molecule has 2 atom stereocenters. The standard InChI is InChI=1S/C14H20N4O3S/c1-2-12-11-6-10(8-16-14(11)21-17-12)22(19,20)18-13-5-3-4-9(13)7-15/h6,8-9,13,18H,2-5,7,15H2,1H3. The third-order valence-electron chi connectivity index (χ3n) is 4.29. The van der Waals surface area contributed by atoms with E-state index in [1.807, 2.05) is 6.92 Å². The van der Waals surface area contributed by atoms with Gasteiger partial charge in [0.2, 0.25) is 10.0 Å². The molecule has 0 bridgehead atoms. The molecule has 0 radical (unpaired) electrons. The van der Waals surface area contributed by atoms with E-state index in [-0.39, 0.29) is 16.9 Å². The molecule has 2 heterocycles. The van der Waals surface area contributed by atoms with E-state index in [1.54, 1.807) is 6.07 Å². The Bertz CT molecular complexity index is 771. The lowest BCUT2D eigenvalue weighted by Gasteiger charge is -2.19. The lowest BCUT2D eigenvalue weighted by Crippen LogP contribution is -2.39. The number of aromatic nitrogens is 2. The second kappa shape index (κ2) is 5.94. The van der Waals surface area contributed by atoms with Crippen LogP contribution in [0.1, 0.15) is 31.9 Å². The van der Waals surface area contributed by atoms with E-state index in [0.717, 1.165) is 19.3 Å². The lowest BCUT2D eigenvalue weighted by atomic mass is 10.1. The fraction of sp³-hybridized carbons (Fsp3) is 0.571. The van der Waals surface area contributed by atoms with E-state index in [4.69, 9.17) is 10.3 Å². The molecule has 22 heavy (non-hydrogen) atoms. The third-order valence-corrected chi connectivity index (χ3v) is 5.75. The first-order chi connectivity index (χ1) is 10.5. The van der Waals surface area contributed by atoms with Crippen molar-refractivity contribution < 1.29 is 12.9 Å². The molecule has 8 heteroatoms. The van der Waals surface area contributed by atoms with E-state index in [0.29, 0.717) is 29.8 Å². The highest BCUT2D eigenvalue weighted by molar-refractivity contribution is 7.89. The number of nitrogens with zero attached hydrogens (tertiary/aromatic N) is 2. The molecule has 1 fully saturated rings. The first-order valence-electron chi connectivity index (χ1n) is 7.52. The second-order valence-corrected chi connectivity index (χ2v) is 7.38. The van der Waals surface area contributed by atoms with Crippen molar-refractivity contribution in [2.75, 3.05) is 6.54 Å². The maximum Gasteiger partial charge on any atom is 0.258 e. The van der Waals surface area contributed by atoms with Gasteiger partial charge in [-0.05, 0) is 37.8 Å². The summed E-state index contributed by atoms with van der Waals surface area (Å²) >= 11 is 0. The fourth-order valence-electron chi connectivity index (χ4n) is 3.00. The van der Waals surface area contributed by atoms with E-state index in [1.165, 1.54) is 6.20 Å². The van der Waals surface area contributed by atoms with E-state index >= 15 is 0 Å². The van der Waals surface area contributed by atoms with Crippen molar-refractivity contribution in [2.24, 2.45) is 11.7 Å². The van der Waals surface area contributed by atoms with Gasteiger partial charge >= 0.3 is 0 Å². The molecule has 2 unspecified atom stereocenters. The SMILES string of the molecule is CCc1noc2ncc(S(=O)(=O)NC3CCCC3CN)cc12. The molecule has 1 aliphatic carbocycles. The molecule has 2 aromatic heterocycles. The summed E-state index contributed by atoms with van der Waals surface area (Å²) in [7, 11) is -3.62. The first kappa shape index (κ1) is 15.4. The van der Waals surface area contributed by atoms with Crippen molar-refractivity contribution in [1.29, 1.82) is 0 Å². The Morgan fingerprint density at radius 2 is 2.27 bits per heavy atom. The van der Waals surface area contributed by atoms with Crippen molar-refractivity contribution in [3.05, 3.63) is 18.0 Å². The van der Waals surface area contributed by atoms with Gasteiger partial charge in [-0.1, -0.05) is 18.5 Å². The lowest BCUT2D eigenvalue weighted by molar-refractivity contribution is 0.439. The Morgan fingerprint density at radius 1 is 1.45 bits per heavy atom. The summed E-state index contributed by atoms with van der Waals surface area (Å²) in [5.41, 5.74) is 6.78. The summed E-state index contributed by atoms with van der Waals surface area (Å²) in [6, 6.07) is 1.48. The van der Waals surface area contributed by atoms with E-state index in [9.17, 15) is 8.42 Å². The number of fused-ring (bicyclic) bond motifs is 1. The highest BCUT2D eigenvalue weighted by Gasteiger charge is 2.30. The molecule has 7 nitrogen and oxygen atoms in total. The van der Waals surface area contributed by atoms with Crippen molar-refractivity contribution in [1.82, 2.24) is 14.9 Å². The summed E-state index contributed by atoms with van der Waals surface area (Å²) in [6.07, 6.45) is 4.75. The third kappa shape index (κ3) is 2.73. The van der Waals surface area contributed by atoms with Gasteiger partial charge in [-0.15, -0.1) is 0 Å². The van der Waals surface area contributed by atoms with Crippen LogP contribution in [-0.2, 0) is 16.4 Å². The van der Waals surface area contributed by atoms with E-state index < -0.39 is 10.0 Å². The van der Waals surface area contributed by atoms with Crippen molar-refractivity contribution in [2.45, 2.75) is 43.5 Å². The van der Waals surface area contributed by atoms with Crippen LogP contribution in [0.2, 0.25) is 0 Å². The molecular formula is C14H20N4O3S. The zero-order chi connectivity index (χ0) is 15.7. The Hall–Kier alpha value is -1.51. The Labute approximate surface area is 129 Å². The number of rotatable bonds is 5. The molecule has 0 spiro atoms. The van der Waals surface area contributed by atoms with Crippen LogP contribution in [0.5, 0.6) is 0 Å². The minimum atomic E-state index is -3.62. The van der Waals surface area contributed by atoms with Gasteiger partial charge in [0.25, 0.3) is 5.71 Å². The number of aryl methyl sites for hydroxylation is 1. The average molecular weight is 324 g/mol. The van der Waals surface area contributed by atoms with Crippen LogP contribution in [0, 0.1) is 5.92 Å². The number of sulfonamides is 1. The summed E-state index contributed by atoms with van der Waals surface area (Å²) < 4.78 is 33.0. The van der Waals surface area contributed by atoms with Crippen LogP contribution in [-0.4, -0.2) is 31.1 Å². The number of nitrogens with two attached hydrogens (primary N) is 1. The Morgan fingerprint density at radius 3 is 3.00 bits per heavy atom. The molecule has 0 saturated heterocycles. The number of hydrogen-bond donors (Lipinski definition) is 2. The van der Waals surface area contributed by atoms with Gasteiger partial charge in [0, 0.05) is 6.04 Å². The van der Waals surface area contributed by atoms with Crippen LogP contribution >= 0.6 is 0 Å². The molecule has 0 aliphatic heterocycles. The van der Waals surface area contributed by atoms with Crippen molar-refractivity contribution in [3.63, 3.8) is 0 Å². The van der Waals surface area contributed by atoms with Gasteiger partial charge in [-0.3, -0.25) is 0 Å². The molecule has 3 N–H and O–H groups in total. The van der Waals surface area contributed by atoms with Crippen LogP contribution in [0.4, 0.5) is 0 Å². The monoisotopic (exact) mass is 324 g/mol. The number of hydrogen-bond acceptors (Lipinski definition) is 6. The zero-order valence-electron chi connectivity index (χ0n) is 12.4. The Balaban J connectivity index is 1.91. The highest BCUT2D eigenvalue weighted by atomic mass is 32.2. The minimum Gasteiger partial charge on any atom is -0.336 e. The quantitative estimate of drug-likeness (QED) is 0.854. The highest BCUT2D eigenvalue weighted by Crippen LogP contribution is 2.27. The summed E-state index contributed by atoms with van der Waals surface area (Å²) in [5, 5.41) is 4.54. The summed E-state index contributed by atoms with van der Waals surface area (Å²) in [5.74, 6) is 0.202. The average Bonchev–Trinajstić information content (AvgIpc) is 3.11. The van der Waals surface area contributed by atoms with Crippen LogP contribution < -0.4 is 10.5 Å². The summed E-state index contributed by atoms with van der Waals surface area (Å²) in [6.45, 7) is 2.43. The van der Waals surface area contributed by atoms with Gasteiger partial charge in [0.15, 0.2) is 0 Å². The second-order valence-electron chi connectivity index (χ2n) is 5.66. The maximum atomic E-state index is 12.6. The number of pyridine rings is 1. The van der Waals surface area contributed by atoms with Crippen LogP contribution in [0.15, 0.2) is 21.7 Å². The van der Waals surface area contributed by atoms with Gasteiger partial charge in [-0.25, -0.2) is 18.1 Å². The van der Waals surface area contributed by atoms with Gasteiger partial charge in [-0.2, -0.15) is 0 Å². The van der Waals surface area contributed by atoms with Gasteiger partial charge in [0.05, 0.1) is 17.3 Å². The predicted octanol–water partition coefficient (Wildman–Crippen LogP) is 1.19. The van der Waals surface area contributed by atoms with E-state index in [2.05, 4.69) is 14.9 Å².